The van der Waals surface area contributed by atoms with Crippen LogP contribution in [0.2, 0.25) is 0 Å². The third kappa shape index (κ3) is 5.41. The Hall–Kier alpha value is -0.522. The Morgan fingerprint density at radius 2 is 1.33 bits per heavy atom. The molecular formula is C16H19PtS-. The van der Waals surface area contributed by atoms with Crippen LogP contribution in [0.15, 0.2) is 60.7 Å². The van der Waals surface area contributed by atoms with E-state index in [1.54, 1.807) is 0 Å². The Labute approximate surface area is 130 Å². The van der Waals surface area contributed by atoms with E-state index in [0.29, 0.717) is 0 Å². The van der Waals surface area contributed by atoms with E-state index in [1.807, 2.05) is 12.1 Å². The average Bonchev–Trinajstić information content (AvgIpc) is 2.38. The molecule has 0 amide bonds. The number of aryl methyl sites for hydroxylation is 1. The van der Waals surface area contributed by atoms with E-state index in [4.69, 9.17) is 12.6 Å². The molecule has 2 heteroatoms. The van der Waals surface area contributed by atoms with Crippen molar-refractivity contribution in [1.29, 1.82) is 0 Å². The zero-order valence-corrected chi connectivity index (χ0v) is 12.6. The van der Waals surface area contributed by atoms with Crippen LogP contribution < -0.4 is 0 Å². The van der Waals surface area contributed by atoms with Gasteiger partial charge >= 0.3 is 0 Å². The summed E-state index contributed by atoms with van der Waals surface area (Å²) < 4.78 is 0. The zero-order valence-electron chi connectivity index (χ0n) is 9.49. The SMILES string of the molecule is C.[Pt].[S-]C(CCc1ccccc1)c1ccccc1. The Morgan fingerprint density at radius 1 is 0.833 bits per heavy atom. The summed E-state index contributed by atoms with van der Waals surface area (Å²) in [5.74, 6) is 0. The van der Waals surface area contributed by atoms with E-state index >= 15 is 0 Å². The molecule has 0 heterocycles. The van der Waals surface area contributed by atoms with E-state index in [2.05, 4.69) is 48.5 Å². The van der Waals surface area contributed by atoms with Gasteiger partial charge in [-0.25, -0.2) is 0 Å². The van der Waals surface area contributed by atoms with E-state index in [1.165, 1.54) is 11.1 Å². The average molecular weight is 438 g/mol. The number of benzene rings is 2. The fraction of sp³-hybridized carbons (Fsp3) is 0.250. The minimum Gasteiger partial charge on any atom is -0.785 e. The van der Waals surface area contributed by atoms with Gasteiger partial charge in [-0.2, -0.15) is 0 Å². The maximum atomic E-state index is 5.50. The first-order valence-corrected chi connectivity index (χ1v) is 6.08. The van der Waals surface area contributed by atoms with Crippen molar-refractivity contribution in [2.45, 2.75) is 25.5 Å². The van der Waals surface area contributed by atoms with Crippen LogP contribution in [0.5, 0.6) is 0 Å². The van der Waals surface area contributed by atoms with Crippen molar-refractivity contribution >= 4 is 12.6 Å². The standard InChI is InChI=1S/C15H16S.CH4.Pt/c16-15(14-9-5-2-6-10-14)12-11-13-7-3-1-4-8-13;;/h1-10,15-16H,11-12H2;1H4;/p-1. The van der Waals surface area contributed by atoms with Gasteiger partial charge in [0.2, 0.25) is 0 Å². The molecule has 2 aromatic carbocycles. The maximum absolute atomic E-state index is 5.50. The fourth-order valence-electron chi connectivity index (χ4n) is 1.78. The number of hydrogen-bond acceptors (Lipinski definition) is 1. The Bertz CT molecular complexity index is 414. The van der Waals surface area contributed by atoms with E-state index in [-0.39, 0.29) is 33.7 Å². The van der Waals surface area contributed by atoms with Crippen molar-refractivity contribution in [3.8, 4) is 0 Å². The van der Waals surface area contributed by atoms with Crippen LogP contribution in [0.4, 0.5) is 0 Å². The van der Waals surface area contributed by atoms with Gasteiger partial charge in [0.15, 0.2) is 0 Å². The zero-order chi connectivity index (χ0) is 11.2. The summed E-state index contributed by atoms with van der Waals surface area (Å²) in [5.41, 5.74) is 2.63. The third-order valence-electron chi connectivity index (χ3n) is 2.71. The molecule has 0 radical (unpaired) electrons. The Balaban J connectivity index is 0.00000144. The first-order valence-electron chi connectivity index (χ1n) is 5.61. The Morgan fingerprint density at radius 3 is 1.89 bits per heavy atom. The minimum absolute atomic E-state index is 0. The van der Waals surface area contributed by atoms with Crippen LogP contribution in [-0.4, -0.2) is 0 Å². The van der Waals surface area contributed by atoms with Gasteiger partial charge in [0.25, 0.3) is 0 Å². The fourth-order valence-corrected chi connectivity index (χ4v) is 2.05. The molecule has 2 rings (SSSR count). The molecular weight excluding hydrogens is 419 g/mol. The van der Waals surface area contributed by atoms with Gasteiger partial charge in [0, 0.05) is 21.1 Å². The van der Waals surface area contributed by atoms with Crippen LogP contribution in [0.1, 0.15) is 30.2 Å². The molecule has 0 N–H and O–H groups in total. The first-order chi connectivity index (χ1) is 7.86. The summed E-state index contributed by atoms with van der Waals surface area (Å²) in [6.45, 7) is 0. The van der Waals surface area contributed by atoms with Crippen LogP contribution in [-0.2, 0) is 40.1 Å². The summed E-state index contributed by atoms with van der Waals surface area (Å²) in [5, 5.41) is 0.224. The van der Waals surface area contributed by atoms with Gasteiger partial charge in [0.05, 0.1) is 0 Å². The summed E-state index contributed by atoms with van der Waals surface area (Å²) in [4.78, 5) is 0. The van der Waals surface area contributed by atoms with Crippen LogP contribution in [0, 0.1) is 0 Å². The first kappa shape index (κ1) is 17.5. The molecule has 0 aliphatic carbocycles. The molecule has 0 nitrogen and oxygen atoms in total. The molecule has 0 aliphatic rings. The normalized spacial score (nSPS) is 10.9. The van der Waals surface area contributed by atoms with Gasteiger partial charge in [-0.15, -0.1) is 5.25 Å². The molecule has 18 heavy (non-hydrogen) atoms. The molecule has 0 aliphatic heterocycles. The van der Waals surface area contributed by atoms with Crippen molar-refractivity contribution in [2.24, 2.45) is 0 Å². The summed E-state index contributed by atoms with van der Waals surface area (Å²) in [6, 6.07) is 20.9. The molecule has 2 aromatic rings. The van der Waals surface area contributed by atoms with Gasteiger partial charge in [-0.1, -0.05) is 80.1 Å². The summed E-state index contributed by atoms with van der Waals surface area (Å²) in [7, 11) is 0. The van der Waals surface area contributed by atoms with Crippen LogP contribution >= 0.6 is 0 Å². The number of hydrogen-bond donors (Lipinski definition) is 0. The van der Waals surface area contributed by atoms with Gasteiger partial charge in [-0.3, -0.25) is 0 Å². The largest absolute Gasteiger partial charge is 0.785 e. The molecule has 0 bridgehead atoms. The molecule has 0 fully saturated rings. The minimum atomic E-state index is 0. The van der Waals surface area contributed by atoms with Gasteiger partial charge in [-0.05, 0) is 12.0 Å². The Kier molecular flexibility index (Phi) is 9.14. The van der Waals surface area contributed by atoms with Gasteiger partial charge < -0.3 is 12.6 Å². The predicted molar refractivity (Wildman–Crippen MR) is 78.0 cm³/mol. The molecule has 1 unspecified atom stereocenters. The van der Waals surface area contributed by atoms with E-state index < -0.39 is 0 Å². The van der Waals surface area contributed by atoms with Crippen molar-refractivity contribution in [3.05, 3.63) is 71.8 Å². The molecule has 1 atom stereocenters. The maximum Gasteiger partial charge on any atom is 0 e. The van der Waals surface area contributed by atoms with Crippen molar-refractivity contribution in [2.75, 3.05) is 0 Å². The smallest absolute Gasteiger partial charge is 0 e. The molecule has 0 aromatic heterocycles. The second-order valence-corrected chi connectivity index (χ2v) is 4.49. The van der Waals surface area contributed by atoms with Crippen LogP contribution in [0.25, 0.3) is 0 Å². The molecule has 0 spiro atoms. The van der Waals surface area contributed by atoms with E-state index in [0.717, 1.165) is 12.8 Å². The molecule has 0 saturated carbocycles. The summed E-state index contributed by atoms with van der Waals surface area (Å²) in [6.07, 6.45) is 2.09. The van der Waals surface area contributed by atoms with Crippen LogP contribution in [0.3, 0.4) is 0 Å². The second kappa shape index (κ2) is 9.41. The number of rotatable bonds is 4. The van der Waals surface area contributed by atoms with Crippen molar-refractivity contribution in [3.63, 3.8) is 0 Å². The third-order valence-corrected chi connectivity index (χ3v) is 3.22. The monoisotopic (exact) mass is 438 g/mol. The topological polar surface area (TPSA) is 0 Å². The van der Waals surface area contributed by atoms with Gasteiger partial charge in [0.1, 0.15) is 0 Å². The molecule has 100 valence electrons. The quantitative estimate of drug-likeness (QED) is 0.632. The second-order valence-electron chi connectivity index (χ2n) is 3.92. The van der Waals surface area contributed by atoms with E-state index in [9.17, 15) is 0 Å². The predicted octanol–water partition coefficient (Wildman–Crippen LogP) is 4.54. The van der Waals surface area contributed by atoms with Crippen molar-refractivity contribution in [1.82, 2.24) is 0 Å². The summed E-state index contributed by atoms with van der Waals surface area (Å²) >= 11 is 5.50. The van der Waals surface area contributed by atoms with Crippen molar-refractivity contribution < 1.29 is 21.1 Å². The molecule has 0 saturated heterocycles.